The second-order valence-electron chi connectivity index (χ2n) is 9.16. The molecular formula is C21H29N7O5S. The molecule has 3 N–H and O–H groups in total. The van der Waals surface area contributed by atoms with Crippen molar-refractivity contribution >= 4 is 35.5 Å². The minimum Gasteiger partial charge on any atom is -0.477 e. The zero-order valence-electron chi connectivity index (χ0n) is 19.5. The summed E-state index contributed by atoms with van der Waals surface area (Å²) in [4.78, 5) is 53.4. The van der Waals surface area contributed by atoms with E-state index in [9.17, 15) is 24.3 Å². The Bertz CT molecular complexity index is 1030. The number of likely N-dealkylation sites (N-methyl/N-ethyl adjacent to an activating group) is 1. The molecule has 34 heavy (non-hydrogen) atoms. The molecule has 12 nitrogen and oxygen atoms in total. The normalized spacial score (nSPS) is 29.0. The number of aromatic nitrogens is 3. The van der Waals surface area contributed by atoms with E-state index in [1.165, 1.54) is 27.5 Å². The molecule has 1 unspecified atom stereocenters. The van der Waals surface area contributed by atoms with Crippen LogP contribution in [0.5, 0.6) is 0 Å². The molecule has 0 saturated carbocycles. The summed E-state index contributed by atoms with van der Waals surface area (Å²) in [5.74, 6) is -2.47. The van der Waals surface area contributed by atoms with Crippen LogP contribution in [0, 0.1) is 11.8 Å². The van der Waals surface area contributed by atoms with E-state index in [0.717, 1.165) is 0 Å². The first kappa shape index (κ1) is 24.2. The molecule has 184 valence electrons. The molecule has 0 aromatic carbocycles. The maximum Gasteiger partial charge on any atom is 0.353 e. The molecule has 4 heterocycles. The maximum absolute atomic E-state index is 13.0. The molecule has 0 bridgehead atoms. The average Bonchev–Trinajstić information content (AvgIpc) is 3.48. The molecule has 0 radical (unpaired) electrons. The Morgan fingerprint density at radius 3 is 2.74 bits per heavy atom. The molecule has 3 aliphatic rings. The quantitative estimate of drug-likeness (QED) is 0.394. The Morgan fingerprint density at radius 1 is 1.38 bits per heavy atom. The Labute approximate surface area is 201 Å². The van der Waals surface area contributed by atoms with Gasteiger partial charge in [0.05, 0.1) is 24.2 Å². The van der Waals surface area contributed by atoms with Crippen LogP contribution >= 0.6 is 11.8 Å². The third kappa shape index (κ3) is 4.29. The topological polar surface area (TPSA) is 150 Å². The lowest BCUT2D eigenvalue weighted by Crippen LogP contribution is -2.66. The van der Waals surface area contributed by atoms with Crippen LogP contribution in [0.4, 0.5) is 0 Å². The summed E-state index contributed by atoms with van der Waals surface area (Å²) in [5.41, 5.74) is 0.0206. The predicted octanol–water partition coefficient (Wildman–Crippen LogP) is -0.892. The number of nitrogens with one attached hydrogen (secondary N) is 2. The number of thioether (sulfide) groups is 1. The van der Waals surface area contributed by atoms with Gasteiger partial charge in [-0.2, -0.15) is 0 Å². The highest BCUT2D eigenvalue weighted by molar-refractivity contribution is 8.03. The first-order valence-electron chi connectivity index (χ1n) is 11.1. The fourth-order valence-electron chi connectivity index (χ4n) is 5.02. The van der Waals surface area contributed by atoms with Crippen LogP contribution < -0.4 is 10.6 Å². The standard InChI is InChI=1S/C21H29N7O5S/c1-10-16-15(11(2)24-14(29)9-27-6-5-23-25-27)20(31)28(16)17(21(32)33)18(10)34-12-7-13(22-8-12)19(30)26(3)4/h5-6,10-13,15-16,22H,7-9H2,1-4H3,(H,24,29)(H,32,33)/t10-,11?,12+,13+,15-,16-/m1/s1. The van der Waals surface area contributed by atoms with Crippen molar-refractivity contribution in [1.82, 2.24) is 35.4 Å². The van der Waals surface area contributed by atoms with Crippen LogP contribution in [0.3, 0.4) is 0 Å². The van der Waals surface area contributed by atoms with Gasteiger partial charge in [-0.25, -0.2) is 9.48 Å². The van der Waals surface area contributed by atoms with E-state index in [-0.39, 0.29) is 53.2 Å². The monoisotopic (exact) mass is 491 g/mol. The number of nitrogens with zero attached hydrogens (tertiary/aromatic N) is 5. The first-order chi connectivity index (χ1) is 16.1. The fourth-order valence-corrected chi connectivity index (χ4v) is 6.50. The van der Waals surface area contributed by atoms with Crippen LogP contribution in [0.25, 0.3) is 0 Å². The lowest BCUT2D eigenvalue weighted by Gasteiger charge is -2.47. The van der Waals surface area contributed by atoms with E-state index in [4.69, 9.17) is 0 Å². The zero-order chi connectivity index (χ0) is 24.7. The van der Waals surface area contributed by atoms with E-state index < -0.39 is 17.9 Å². The van der Waals surface area contributed by atoms with Crippen molar-refractivity contribution in [3.63, 3.8) is 0 Å². The second-order valence-corrected chi connectivity index (χ2v) is 10.5. The van der Waals surface area contributed by atoms with Crippen molar-refractivity contribution in [3.05, 3.63) is 23.0 Å². The molecule has 6 atom stereocenters. The van der Waals surface area contributed by atoms with Crippen molar-refractivity contribution in [2.45, 2.75) is 50.2 Å². The summed E-state index contributed by atoms with van der Waals surface area (Å²) in [7, 11) is 3.41. The Morgan fingerprint density at radius 2 is 2.12 bits per heavy atom. The van der Waals surface area contributed by atoms with Gasteiger partial charge >= 0.3 is 5.97 Å². The van der Waals surface area contributed by atoms with E-state index in [0.29, 0.717) is 17.9 Å². The van der Waals surface area contributed by atoms with Crippen LogP contribution in [0.15, 0.2) is 23.0 Å². The summed E-state index contributed by atoms with van der Waals surface area (Å²) in [5, 5.41) is 23.4. The van der Waals surface area contributed by atoms with Gasteiger partial charge in [-0.05, 0) is 13.3 Å². The molecule has 0 spiro atoms. The molecular weight excluding hydrogens is 462 g/mol. The van der Waals surface area contributed by atoms with E-state index >= 15 is 0 Å². The number of hydrogen-bond donors (Lipinski definition) is 3. The number of carbonyl (C=O) groups excluding carboxylic acids is 3. The van der Waals surface area contributed by atoms with Gasteiger partial charge in [0.15, 0.2) is 0 Å². The maximum atomic E-state index is 13.0. The summed E-state index contributed by atoms with van der Waals surface area (Å²) < 4.78 is 1.39. The molecule has 1 aromatic heterocycles. The van der Waals surface area contributed by atoms with Crippen molar-refractivity contribution in [3.8, 4) is 0 Å². The van der Waals surface area contributed by atoms with Crippen molar-refractivity contribution in [1.29, 1.82) is 0 Å². The highest BCUT2D eigenvalue weighted by atomic mass is 32.2. The Balaban J connectivity index is 1.44. The number of carboxylic acid groups (broad SMARTS) is 1. The molecule has 3 amide bonds. The summed E-state index contributed by atoms with van der Waals surface area (Å²) in [6, 6.07) is -1.11. The first-order valence-corrected chi connectivity index (χ1v) is 12.0. The van der Waals surface area contributed by atoms with Crippen LogP contribution in [-0.2, 0) is 25.7 Å². The number of aliphatic carboxylic acids is 1. The van der Waals surface area contributed by atoms with Gasteiger partial charge in [-0.1, -0.05) is 12.1 Å². The van der Waals surface area contributed by atoms with Crippen LogP contribution in [-0.4, -0.2) is 97.6 Å². The van der Waals surface area contributed by atoms with Crippen molar-refractivity contribution in [2.75, 3.05) is 20.6 Å². The van der Waals surface area contributed by atoms with Crippen molar-refractivity contribution < 1.29 is 24.3 Å². The lowest BCUT2D eigenvalue weighted by atomic mass is 9.78. The SMILES string of the molecule is CC(NC(=O)Cn1ccnn1)[C@H]1C(=O)N2C(C(=O)O)=C(S[C@@H]3CN[C@H](C(=O)N(C)C)C3)[C@H](C)[C@H]12. The number of fused-ring (bicyclic) bond motifs is 1. The summed E-state index contributed by atoms with van der Waals surface area (Å²) >= 11 is 1.44. The number of hydrogen-bond acceptors (Lipinski definition) is 8. The smallest absolute Gasteiger partial charge is 0.353 e. The van der Waals surface area contributed by atoms with E-state index in [1.54, 1.807) is 32.1 Å². The number of carboxylic acids is 1. The van der Waals surface area contributed by atoms with Gasteiger partial charge in [0.25, 0.3) is 0 Å². The molecule has 13 heteroatoms. The molecule has 2 saturated heterocycles. The van der Waals surface area contributed by atoms with Gasteiger partial charge in [-0.15, -0.1) is 16.9 Å². The summed E-state index contributed by atoms with van der Waals surface area (Å²) in [6.07, 6.45) is 3.63. The average molecular weight is 492 g/mol. The third-order valence-corrected chi connectivity index (χ3v) is 8.13. The van der Waals surface area contributed by atoms with Gasteiger partial charge in [0.1, 0.15) is 12.2 Å². The number of amides is 3. The largest absolute Gasteiger partial charge is 0.477 e. The van der Waals surface area contributed by atoms with E-state index in [1.807, 2.05) is 6.92 Å². The minimum absolute atomic E-state index is 0.00970. The molecule has 2 fully saturated rings. The number of β-lactam (4-membered cyclic amide) rings is 1. The zero-order valence-corrected chi connectivity index (χ0v) is 20.3. The van der Waals surface area contributed by atoms with Gasteiger partial charge in [0, 0.05) is 49.0 Å². The predicted molar refractivity (Wildman–Crippen MR) is 122 cm³/mol. The number of carbonyl (C=O) groups is 4. The van der Waals surface area contributed by atoms with Crippen LogP contribution in [0.1, 0.15) is 20.3 Å². The second kappa shape index (κ2) is 9.37. The highest BCUT2D eigenvalue weighted by Crippen LogP contribution is 2.51. The van der Waals surface area contributed by atoms with Crippen molar-refractivity contribution in [2.24, 2.45) is 11.8 Å². The third-order valence-electron chi connectivity index (χ3n) is 6.62. The Hall–Kier alpha value is -2.93. The van der Waals surface area contributed by atoms with Gasteiger partial charge < -0.3 is 25.5 Å². The molecule has 4 rings (SSSR count). The number of rotatable bonds is 8. The van der Waals surface area contributed by atoms with Gasteiger partial charge in [-0.3, -0.25) is 14.4 Å². The fraction of sp³-hybridized carbons (Fsp3) is 0.619. The molecule has 0 aliphatic carbocycles. The Kier molecular flexibility index (Phi) is 6.67. The van der Waals surface area contributed by atoms with Crippen LogP contribution in [0.2, 0.25) is 0 Å². The minimum atomic E-state index is -1.14. The van der Waals surface area contributed by atoms with Gasteiger partial charge in [0.2, 0.25) is 17.7 Å². The molecule has 1 aromatic rings. The highest BCUT2D eigenvalue weighted by Gasteiger charge is 2.60. The van der Waals surface area contributed by atoms with E-state index in [2.05, 4.69) is 20.9 Å². The summed E-state index contributed by atoms with van der Waals surface area (Å²) in [6.45, 7) is 4.24. The molecule has 3 aliphatic heterocycles. The lowest BCUT2D eigenvalue weighted by molar-refractivity contribution is -0.158.